The molecule has 12 heteroatoms. The third-order valence-electron chi connectivity index (χ3n) is 5.67. The maximum Gasteiger partial charge on any atom is 0.269 e. The highest BCUT2D eigenvalue weighted by atomic mass is 16.2. The van der Waals surface area contributed by atoms with Crippen LogP contribution in [0.2, 0.25) is 0 Å². The molecule has 2 heterocycles. The number of nitrogens with one attached hydrogen (secondary N) is 3. The molecule has 0 bridgehead atoms. The summed E-state index contributed by atoms with van der Waals surface area (Å²) in [4.78, 5) is 51.7. The molecule has 2 aliphatic rings. The van der Waals surface area contributed by atoms with Crippen LogP contribution in [0.5, 0.6) is 0 Å². The molecule has 0 saturated heterocycles. The van der Waals surface area contributed by atoms with Crippen LogP contribution in [0.4, 0.5) is 0 Å². The van der Waals surface area contributed by atoms with E-state index in [1.807, 2.05) is 0 Å². The van der Waals surface area contributed by atoms with Gasteiger partial charge in [-0.2, -0.15) is 0 Å². The van der Waals surface area contributed by atoms with Crippen LogP contribution in [0.1, 0.15) is 45.2 Å². The highest BCUT2D eigenvalue weighted by Gasteiger charge is 2.47. The van der Waals surface area contributed by atoms with Gasteiger partial charge in [-0.1, -0.05) is 18.2 Å². The summed E-state index contributed by atoms with van der Waals surface area (Å²) in [5.41, 5.74) is 6.70. The fourth-order valence-electron chi connectivity index (χ4n) is 3.89. The van der Waals surface area contributed by atoms with Gasteiger partial charge in [0, 0.05) is 17.2 Å². The zero-order chi connectivity index (χ0) is 23.7. The first-order valence-electron chi connectivity index (χ1n) is 10.6. The SMILES string of the molecule is O=C(CNC(=O)C1c2ccccc2C(=O)N1C1CC1)NNC(=O)c1ccc(-n2cnnn2)cc1. The second kappa shape index (κ2) is 8.73. The Labute approximate surface area is 193 Å². The topological polar surface area (TPSA) is 151 Å². The summed E-state index contributed by atoms with van der Waals surface area (Å²) in [5.74, 6) is -1.74. The Morgan fingerprint density at radius 1 is 1.00 bits per heavy atom. The first-order chi connectivity index (χ1) is 16.5. The summed E-state index contributed by atoms with van der Waals surface area (Å²) in [6, 6.07) is 12.7. The minimum Gasteiger partial charge on any atom is -0.345 e. The number of benzene rings is 2. The monoisotopic (exact) mass is 460 g/mol. The predicted molar refractivity (Wildman–Crippen MR) is 116 cm³/mol. The van der Waals surface area contributed by atoms with E-state index in [1.54, 1.807) is 53.4 Å². The van der Waals surface area contributed by atoms with E-state index in [0.717, 1.165) is 12.8 Å². The molecule has 1 aliphatic heterocycles. The number of hydrogen-bond acceptors (Lipinski definition) is 7. The minimum absolute atomic E-state index is 0.0379. The fourth-order valence-corrected chi connectivity index (χ4v) is 3.89. The second-order valence-electron chi connectivity index (χ2n) is 7.95. The molecule has 1 aliphatic carbocycles. The van der Waals surface area contributed by atoms with E-state index in [2.05, 4.69) is 31.7 Å². The van der Waals surface area contributed by atoms with E-state index >= 15 is 0 Å². The highest BCUT2D eigenvalue weighted by Crippen LogP contribution is 2.41. The number of rotatable bonds is 6. The van der Waals surface area contributed by atoms with Crippen LogP contribution in [-0.2, 0) is 9.59 Å². The van der Waals surface area contributed by atoms with Gasteiger partial charge in [0.25, 0.3) is 17.7 Å². The van der Waals surface area contributed by atoms with Gasteiger partial charge in [0.05, 0.1) is 12.2 Å². The predicted octanol–water partition coefficient (Wildman–Crippen LogP) is -0.101. The molecule has 4 amide bonds. The van der Waals surface area contributed by atoms with Gasteiger partial charge < -0.3 is 10.2 Å². The Balaban J connectivity index is 1.14. The van der Waals surface area contributed by atoms with Crippen molar-refractivity contribution in [1.29, 1.82) is 0 Å². The molecule has 1 saturated carbocycles. The van der Waals surface area contributed by atoms with E-state index in [0.29, 0.717) is 22.4 Å². The van der Waals surface area contributed by atoms with Crippen molar-refractivity contribution < 1.29 is 19.2 Å². The number of carbonyl (C=O) groups is 4. The molecule has 12 nitrogen and oxygen atoms in total. The molecule has 3 aromatic rings. The zero-order valence-electron chi connectivity index (χ0n) is 17.8. The Morgan fingerprint density at radius 2 is 1.76 bits per heavy atom. The summed E-state index contributed by atoms with van der Waals surface area (Å²) in [6.45, 7) is -0.358. The number of amides is 4. The lowest BCUT2D eigenvalue weighted by Crippen LogP contribution is -2.48. The van der Waals surface area contributed by atoms with Gasteiger partial charge in [-0.3, -0.25) is 30.0 Å². The van der Waals surface area contributed by atoms with Crippen molar-refractivity contribution in [3.05, 3.63) is 71.5 Å². The molecular formula is C22H20N8O4. The molecule has 1 fully saturated rings. The Kier molecular flexibility index (Phi) is 5.46. The van der Waals surface area contributed by atoms with Gasteiger partial charge in [-0.15, -0.1) is 5.10 Å². The Bertz CT molecular complexity index is 1250. The van der Waals surface area contributed by atoms with Crippen LogP contribution in [0.3, 0.4) is 0 Å². The third kappa shape index (κ3) is 4.08. The van der Waals surface area contributed by atoms with Gasteiger partial charge in [0.15, 0.2) is 0 Å². The number of carbonyl (C=O) groups excluding carboxylic acids is 4. The van der Waals surface area contributed by atoms with Crippen LogP contribution in [0, 0.1) is 0 Å². The van der Waals surface area contributed by atoms with Crippen LogP contribution < -0.4 is 16.2 Å². The molecule has 1 aromatic heterocycles. The van der Waals surface area contributed by atoms with Crippen molar-refractivity contribution in [3.8, 4) is 5.69 Å². The average Bonchev–Trinajstić information content (AvgIpc) is 3.45. The lowest BCUT2D eigenvalue weighted by molar-refractivity contribution is -0.129. The molecule has 1 atom stereocenters. The van der Waals surface area contributed by atoms with E-state index in [4.69, 9.17) is 0 Å². The number of fused-ring (bicyclic) bond motifs is 1. The van der Waals surface area contributed by atoms with Crippen molar-refractivity contribution in [3.63, 3.8) is 0 Å². The highest BCUT2D eigenvalue weighted by molar-refractivity contribution is 6.05. The molecule has 0 spiro atoms. The zero-order valence-corrected chi connectivity index (χ0v) is 17.8. The van der Waals surface area contributed by atoms with Crippen molar-refractivity contribution in [2.45, 2.75) is 24.9 Å². The number of aromatic nitrogens is 4. The summed E-state index contributed by atoms with van der Waals surface area (Å²) in [6.07, 6.45) is 3.13. The normalized spacial score (nSPS) is 16.6. The molecule has 0 radical (unpaired) electrons. The van der Waals surface area contributed by atoms with Crippen molar-refractivity contribution in [2.75, 3.05) is 6.54 Å². The average molecular weight is 460 g/mol. The van der Waals surface area contributed by atoms with Crippen molar-refractivity contribution >= 4 is 23.6 Å². The molecule has 1 unspecified atom stereocenters. The smallest absolute Gasteiger partial charge is 0.269 e. The number of hydrazine groups is 1. The van der Waals surface area contributed by atoms with Gasteiger partial charge in [-0.05, 0) is 59.2 Å². The quantitative estimate of drug-likeness (QED) is 0.435. The van der Waals surface area contributed by atoms with Crippen LogP contribution in [0.25, 0.3) is 5.69 Å². The molecular weight excluding hydrogens is 440 g/mol. The van der Waals surface area contributed by atoms with Crippen LogP contribution >= 0.6 is 0 Å². The summed E-state index contributed by atoms with van der Waals surface area (Å²) < 4.78 is 1.44. The lowest BCUT2D eigenvalue weighted by atomic mass is 10.0. The van der Waals surface area contributed by atoms with Crippen molar-refractivity contribution in [1.82, 2.24) is 41.3 Å². The Hall–Kier alpha value is -4.61. The standard InChI is InChI=1S/C22H20N8O4/c31-18(25-26-20(32)13-5-7-14(8-6-13)29-12-24-27-28-29)11-23-21(33)19-16-3-1-2-4-17(16)22(34)30(19)15-9-10-15/h1-8,12,15,19H,9-11H2,(H,23,33)(H,25,31)(H,26,32). The molecule has 172 valence electrons. The maximum atomic E-state index is 12.9. The summed E-state index contributed by atoms with van der Waals surface area (Å²) in [7, 11) is 0. The van der Waals surface area contributed by atoms with E-state index < -0.39 is 23.8 Å². The number of nitrogens with zero attached hydrogens (tertiary/aromatic N) is 5. The fraction of sp³-hybridized carbons (Fsp3) is 0.227. The molecule has 34 heavy (non-hydrogen) atoms. The van der Waals surface area contributed by atoms with Gasteiger partial charge in [0.1, 0.15) is 12.4 Å². The minimum atomic E-state index is -0.766. The van der Waals surface area contributed by atoms with E-state index in [-0.39, 0.29) is 18.5 Å². The largest absolute Gasteiger partial charge is 0.345 e. The van der Waals surface area contributed by atoms with Crippen molar-refractivity contribution in [2.24, 2.45) is 0 Å². The summed E-state index contributed by atoms with van der Waals surface area (Å²) >= 11 is 0. The van der Waals surface area contributed by atoms with Crippen LogP contribution in [0.15, 0.2) is 54.9 Å². The second-order valence-corrected chi connectivity index (χ2v) is 7.95. The van der Waals surface area contributed by atoms with E-state index in [1.165, 1.54) is 11.0 Å². The maximum absolute atomic E-state index is 12.9. The Morgan fingerprint density at radius 3 is 2.47 bits per heavy atom. The molecule has 5 rings (SSSR count). The first-order valence-corrected chi connectivity index (χ1v) is 10.6. The summed E-state index contributed by atoms with van der Waals surface area (Å²) in [5, 5.41) is 13.4. The van der Waals surface area contributed by atoms with Gasteiger partial charge in [-0.25, -0.2) is 4.68 Å². The van der Waals surface area contributed by atoms with Gasteiger partial charge >= 0.3 is 0 Å². The third-order valence-corrected chi connectivity index (χ3v) is 5.67. The van der Waals surface area contributed by atoms with Gasteiger partial charge in [0.2, 0.25) is 5.91 Å². The number of tetrazole rings is 1. The molecule has 2 aromatic carbocycles. The first kappa shape index (κ1) is 21.2. The lowest BCUT2D eigenvalue weighted by Gasteiger charge is -2.24. The van der Waals surface area contributed by atoms with E-state index in [9.17, 15) is 19.2 Å². The van der Waals surface area contributed by atoms with Crippen LogP contribution in [-0.4, -0.2) is 61.3 Å². The molecule has 3 N–H and O–H groups in total. The number of hydrogen-bond donors (Lipinski definition) is 3.